The van der Waals surface area contributed by atoms with Gasteiger partial charge in [-0.25, -0.2) is 9.67 Å². The van der Waals surface area contributed by atoms with E-state index < -0.39 is 11.9 Å². The van der Waals surface area contributed by atoms with Gasteiger partial charge in [0.1, 0.15) is 5.69 Å². The molecular weight excluding hydrogens is 433 g/mol. The second-order valence-electron chi connectivity index (χ2n) is 6.90. The van der Waals surface area contributed by atoms with E-state index in [1.165, 1.54) is 6.07 Å². The Hall–Kier alpha value is -3.21. The molecule has 0 saturated carbocycles. The number of alkyl halides is 3. The highest BCUT2D eigenvalue weighted by atomic mass is 35.5. The van der Waals surface area contributed by atoms with Gasteiger partial charge in [-0.2, -0.15) is 23.5 Å². The highest BCUT2D eigenvalue weighted by Crippen LogP contribution is 2.35. The van der Waals surface area contributed by atoms with E-state index in [2.05, 4.69) is 37.6 Å². The van der Waals surface area contributed by atoms with E-state index in [1.54, 1.807) is 28.9 Å². The number of rotatable bonds is 7. The lowest BCUT2D eigenvalue weighted by molar-refractivity contribution is -0.142. The zero-order valence-corrected chi connectivity index (χ0v) is 17.2. The molecule has 0 bridgehead atoms. The van der Waals surface area contributed by atoms with Crippen molar-refractivity contribution < 1.29 is 13.2 Å². The molecule has 4 aromatic rings. The molecule has 4 rings (SSSR count). The number of aromatic amines is 1. The second-order valence-corrected chi connectivity index (χ2v) is 7.24. The lowest BCUT2D eigenvalue weighted by Crippen LogP contribution is -2.13. The average Bonchev–Trinajstić information content (AvgIpc) is 3.46. The Morgan fingerprint density at radius 2 is 1.87 bits per heavy atom. The molecule has 0 unspecified atom stereocenters. The smallest absolute Gasteiger partial charge is 0.302 e. The van der Waals surface area contributed by atoms with Gasteiger partial charge in [-0.3, -0.25) is 0 Å². The lowest BCUT2D eigenvalue weighted by Gasteiger charge is -2.15. The van der Waals surface area contributed by atoms with Crippen LogP contribution in [-0.2, 0) is 19.1 Å². The van der Waals surface area contributed by atoms with Gasteiger partial charge in [-0.15, -0.1) is 10.2 Å². The van der Waals surface area contributed by atoms with Crippen molar-refractivity contribution in [2.45, 2.75) is 38.9 Å². The summed E-state index contributed by atoms with van der Waals surface area (Å²) in [7, 11) is 0. The van der Waals surface area contributed by atoms with E-state index in [-0.39, 0.29) is 16.8 Å². The van der Waals surface area contributed by atoms with Crippen LogP contribution >= 0.6 is 11.6 Å². The fourth-order valence-corrected chi connectivity index (χ4v) is 3.41. The Labute approximate surface area is 180 Å². The van der Waals surface area contributed by atoms with Gasteiger partial charge >= 0.3 is 6.18 Å². The minimum Gasteiger partial charge on any atom is -0.302 e. The van der Waals surface area contributed by atoms with E-state index in [9.17, 15) is 13.2 Å². The van der Waals surface area contributed by atoms with Crippen molar-refractivity contribution in [1.82, 2.24) is 40.0 Å². The number of benzene rings is 1. The van der Waals surface area contributed by atoms with Crippen LogP contribution in [0.1, 0.15) is 36.8 Å². The third-order valence-electron chi connectivity index (χ3n) is 4.70. The van der Waals surface area contributed by atoms with Crippen LogP contribution in [0.5, 0.6) is 0 Å². The quantitative estimate of drug-likeness (QED) is 0.453. The molecule has 0 amide bonds. The molecule has 0 aliphatic carbocycles. The number of unbranched alkanes of at least 4 members (excludes halogenated alkanes) is 1. The van der Waals surface area contributed by atoms with Crippen LogP contribution in [0.3, 0.4) is 0 Å². The number of hydrogen-bond acceptors (Lipinski definition) is 5. The molecule has 1 aromatic carbocycles. The number of H-pyrrole nitrogens is 1. The Morgan fingerprint density at radius 3 is 2.52 bits per heavy atom. The van der Waals surface area contributed by atoms with Crippen molar-refractivity contribution in [3.05, 3.63) is 58.8 Å². The Balaban J connectivity index is 1.63. The molecule has 0 atom stereocenters. The summed E-state index contributed by atoms with van der Waals surface area (Å²) < 4.78 is 43.3. The van der Waals surface area contributed by atoms with Crippen molar-refractivity contribution in [3.63, 3.8) is 0 Å². The summed E-state index contributed by atoms with van der Waals surface area (Å²) in [6.45, 7) is 2.44. The monoisotopic (exact) mass is 450 g/mol. The summed E-state index contributed by atoms with van der Waals surface area (Å²) in [5.74, 6) is 0.740. The maximum Gasteiger partial charge on any atom is 0.431 e. The van der Waals surface area contributed by atoms with Gasteiger partial charge in [0.25, 0.3) is 0 Å². The Bertz CT molecular complexity index is 1150. The summed E-state index contributed by atoms with van der Waals surface area (Å²) in [4.78, 5) is 4.25. The molecule has 0 aliphatic heterocycles. The Morgan fingerprint density at radius 1 is 1.10 bits per heavy atom. The zero-order chi connectivity index (χ0) is 22.0. The zero-order valence-electron chi connectivity index (χ0n) is 16.4. The third kappa shape index (κ3) is 4.46. The number of nitrogens with zero attached hydrogens (tertiary/aromatic N) is 7. The summed E-state index contributed by atoms with van der Waals surface area (Å²) in [6, 6.07) is 8.94. The molecule has 1 N–H and O–H groups in total. The molecule has 0 fully saturated rings. The van der Waals surface area contributed by atoms with Gasteiger partial charge in [0, 0.05) is 12.1 Å². The van der Waals surface area contributed by atoms with Gasteiger partial charge in [0.2, 0.25) is 11.1 Å². The normalized spacial score (nSPS) is 11.9. The van der Waals surface area contributed by atoms with Crippen molar-refractivity contribution in [3.8, 4) is 17.2 Å². The van der Waals surface area contributed by atoms with Crippen molar-refractivity contribution in [2.75, 3.05) is 0 Å². The van der Waals surface area contributed by atoms with Crippen LogP contribution in [0.4, 0.5) is 13.2 Å². The molecule has 8 nitrogen and oxygen atoms in total. The van der Waals surface area contributed by atoms with Crippen LogP contribution in [-0.4, -0.2) is 40.0 Å². The van der Waals surface area contributed by atoms with E-state index in [4.69, 9.17) is 11.6 Å². The highest BCUT2D eigenvalue weighted by Gasteiger charge is 2.36. The molecular formula is C19H18ClF3N8. The fraction of sp³-hybridized carbons (Fsp3) is 0.316. The topological polar surface area (TPSA) is 90.1 Å². The molecule has 0 spiro atoms. The number of tetrazole rings is 1. The number of aryl methyl sites for hydroxylation is 1. The average molecular weight is 451 g/mol. The van der Waals surface area contributed by atoms with E-state index >= 15 is 0 Å². The SMILES string of the molecule is CCCCc1nc(Cl)n(Cc2ccc(-n3c(-c4nn[nH]n4)ccc3C(F)(F)F)cc2)n1. The van der Waals surface area contributed by atoms with Crippen LogP contribution in [0.25, 0.3) is 17.2 Å². The van der Waals surface area contributed by atoms with Gasteiger partial charge in [0.15, 0.2) is 5.82 Å². The van der Waals surface area contributed by atoms with Crippen LogP contribution in [0, 0.1) is 0 Å². The Kier molecular flexibility index (Phi) is 5.77. The van der Waals surface area contributed by atoms with Crippen LogP contribution in [0.2, 0.25) is 5.28 Å². The van der Waals surface area contributed by atoms with Gasteiger partial charge in [-0.05, 0) is 53.1 Å². The van der Waals surface area contributed by atoms with Crippen molar-refractivity contribution >= 4 is 11.6 Å². The molecule has 3 aromatic heterocycles. The van der Waals surface area contributed by atoms with Gasteiger partial charge in [0.05, 0.1) is 12.2 Å². The summed E-state index contributed by atoms with van der Waals surface area (Å²) in [6.07, 6.45) is -1.81. The minimum atomic E-state index is -4.55. The van der Waals surface area contributed by atoms with E-state index in [1.807, 2.05) is 0 Å². The van der Waals surface area contributed by atoms with Gasteiger partial charge in [-0.1, -0.05) is 25.5 Å². The predicted octanol–water partition coefficient (Wildman–Crippen LogP) is 4.31. The molecule has 0 radical (unpaired) electrons. The number of nitrogens with one attached hydrogen (secondary N) is 1. The number of halogens is 4. The molecule has 0 aliphatic rings. The van der Waals surface area contributed by atoms with Crippen LogP contribution < -0.4 is 0 Å². The first-order valence-electron chi connectivity index (χ1n) is 9.58. The van der Waals surface area contributed by atoms with Crippen molar-refractivity contribution in [1.29, 1.82) is 0 Å². The van der Waals surface area contributed by atoms with Gasteiger partial charge < -0.3 is 4.57 Å². The molecule has 3 heterocycles. The maximum atomic E-state index is 13.6. The molecule has 0 saturated heterocycles. The molecule has 12 heteroatoms. The van der Waals surface area contributed by atoms with Crippen molar-refractivity contribution in [2.24, 2.45) is 0 Å². The number of hydrogen-bond donors (Lipinski definition) is 1. The van der Waals surface area contributed by atoms with E-state index in [0.29, 0.717) is 18.1 Å². The predicted molar refractivity (Wildman–Crippen MR) is 107 cm³/mol. The second kappa shape index (κ2) is 8.50. The van der Waals surface area contributed by atoms with E-state index in [0.717, 1.165) is 35.5 Å². The first-order valence-corrected chi connectivity index (χ1v) is 9.96. The first-order chi connectivity index (χ1) is 14.9. The minimum absolute atomic E-state index is 0.0635. The summed E-state index contributed by atoms with van der Waals surface area (Å²) in [5.41, 5.74) is 0.474. The standard InChI is InChI=1S/C19H18ClF3N8/c1-2-3-4-16-24-18(20)30(27-16)11-12-5-7-13(8-6-12)31-14(17-25-28-29-26-17)9-10-15(31)19(21,22)23/h5-10H,2-4,11H2,1H3,(H,25,26,28,29). The largest absolute Gasteiger partial charge is 0.431 e. The molecule has 31 heavy (non-hydrogen) atoms. The number of aromatic nitrogens is 8. The lowest BCUT2D eigenvalue weighted by atomic mass is 10.2. The first kappa shape index (κ1) is 21.0. The summed E-state index contributed by atoms with van der Waals surface area (Å²) >= 11 is 6.17. The highest BCUT2D eigenvalue weighted by molar-refractivity contribution is 6.28. The third-order valence-corrected chi connectivity index (χ3v) is 4.98. The maximum absolute atomic E-state index is 13.6. The van der Waals surface area contributed by atoms with Crippen LogP contribution in [0.15, 0.2) is 36.4 Å². The fourth-order valence-electron chi connectivity index (χ4n) is 3.21. The summed E-state index contributed by atoms with van der Waals surface area (Å²) in [5, 5.41) is 18.0. The molecule has 162 valence electrons.